The van der Waals surface area contributed by atoms with Gasteiger partial charge in [-0.1, -0.05) is 18.2 Å². The van der Waals surface area contributed by atoms with Gasteiger partial charge in [0.2, 0.25) is 11.2 Å². The molecule has 1 aromatic heterocycles. The number of amides is 1. The average Bonchev–Trinajstić information content (AvgIpc) is 3.13. The van der Waals surface area contributed by atoms with Gasteiger partial charge < -0.3 is 5.32 Å². The summed E-state index contributed by atoms with van der Waals surface area (Å²) < 4.78 is 1.92. The van der Waals surface area contributed by atoms with Gasteiger partial charge in [0.1, 0.15) is 6.33 Å². The second-order valence-corrected chi connectivity index (χ2v) is 9.57. The fraction of sp³-hybridized carbons (Fsp3) is 0.500. The number of aromatic nitrogens is 3. The van der Waals surface area contributed by atoms with Crippen molar-refractivity contribution < 1.29 is 4.79 Å². The topological polar surface area (TPSA) is 83.9 Å². The van der Waals surface area contributed by atoms with Crippen molar-refractivity contribution in [2.45, 2.75) is 44.1 Å². The van der Waals surface area contributed by atoms with E-state index in [1.165, 1.54) is 6.42 Å². The number of benzene rings is 1. The fourth-order valence-electron chi connectivity index (χ4n) is 6.15. The Morgan fingerprint density at radius 3 is 2.52 bits per heavy atom. The van der Waals surface area contributed by atoms with Gasteiger partial charge in [-0.05, 0) is 86.3 Å². The molecule has 2 atom stereocenters. The Kier molecular flexibility index (Phi) is 4.51. The lowest BCUT2D eigenvalue weighted by molar-refractivity contribution is -0.156. The van der Waals surface area contributed by atoms with Crippen LogP contribution in [0, 0.1) is 17.3 Å². The van der Waals surface area contributed by atoms with Crippen molar-refractivity contribution in [1.29, 1.82) is 0 Å². The largest absolute Gasteiger partial charge is 0.331 e. The van der Waals surface area contributed by atoms with Crippen LogP contribution in [0.15, 0.2) is 36.7 Å². The molecule has 0 radical (unpaired) electrons. The Balaban J connectivity index is 1.30. The second-order valence-electron chi connectivity index (χ2n) is 8.82. The average molecular weight is 431 g/mol. The van der Waals surface area contributed by atoms with Gasteiger partial charge in [0.05, 0.1) is 11.0 Å². The summed E-state index contributed by atoms with van der Waals surface area (Å²) in [6.45, 7) is 0. The lowest BCUT2D eigenvalue weighted by atomic mass is 9.46. The minimum atomic E-state index is -0.405. The first-order valence-corrected chi connectivity index (χ1v) is 10.8. The summed E-state index contributed by atoms with van der Waals surface area (Å²) in [7, 11) is 0. The van der Waals surface area contributed by atoms with E-state index in [0.717, 1.165) is 37.8 Å². The third-order valence-corrected chi connectivity index (χ3v) is 7.16. The molecule has 1 aromatic carbocycles. The summed E-state index contributed by atoms with van der Waals surface area (Å²) in [6.07, 6.45) is 7.59. The summed E-state index contributed by atoms with van der Waals surface area (Å²) in [4.78, 5) is 17.4. The van der Waals surface area contributed by atoms with Crippen molar-refractivity contribution in [1.82, 2.24) is 25.6 Å². The van der Waals surface area contributed by atoms with Gasteiger partial charge in [0.15, 0.2) is 5.11 Å². The lowest BCUT2D eigenvalue weighted by Crippen LogP contribution is -2.62. The number of halogens is 1. The van der Waals surface area contributed by atoms with E-state index in [9.17, 15) is 4.79 Å². The zero-order valence-electron chi connectivity index (χ0n) is 15.9. The van der Waals surface area contributed by atoms with E-state index in [0.29, 0.717) is 16.9 Å². The Morgan fingerprint density at radius 1 is 1.14 bits per heavy atom. The van der Waals surface area contributed by atoms with E-state index in [-0.39, 0.29) is 16.7 Å². The molecule has 0 aliphatic heterocycles. The number of nitrogens with one attached hydrogen (secondary N) is 3. The predicted molar refractivity (Wildman–Crippen MR) is 114 cm³/mol. The highest BCUT2D eigenvalue weighted by molar-refractivity contribution is 7.80. The van der Waals surface area contributed by atoms with Crippen molar-refractivity contribution in [2.75, 3.05) is 5.32 Å². The van der Waals surface area contributed by atoms with E-state index >= 15 is 0 Å². The molecule has 1 amide bonds. The minimum Gasteiger partial charge on any atom is -0.331 e. The molecule has 6 rings (SSSR count). The first kappa shape index (κ1) is 18.8. The number of para-hydroxylation sites is 1. The maximum absolute atomic E-state index is 13.3. The number of thiocarbonyl (C=S) groups is 1. The van der Waals surface area contributed by atoms with Gasteiger partial charge in [0, 0.05) is 5.69 Å². The molecule has 4 saturated carbocycles. The number of carbonyl (C=O) groups is 1. The fourth-order valence-corrected chi connectivity index (χ4v) is 6.44. The minimum absolute atomic E-state index is 0.0133. The van der Waals surface area contributed by atoms with E-state index in [2.05, 4.69) is 26.3 Å². The van der Waals surface area contributed by atoms with E-state index in [1.54, 1.807) is 6.33 Å². The Labute approximate surface area is 179 Å². The molecular weight excluding hydrogens is 408 g/mol. The molecule has 0 spiro atoms. The molecule has 2 unspecified atom stereocenters. The highest BCUT2D eigenvalue weighted by atomic mass is 35.5. The normalized spacial score (nSPS) is 32.0. The zero-order valence-corrected chi connectivity index (χ0v) is 17.5. The number of rotatable bonds is 3. The SMILES string of the molecule is O=C(NNC(=S)Nc1ccccc1)C12CC3CC(C1)CC(n1cnc(Cl)n1)(C3)C2. The summed E-state index contributed by atoms with van der Waals surface area (Å²) in [5.74, 6) is 1.07. The third-order valence-electron chi connectivity index (χ3n) is 6.78. The molecule has 4 bridgehead atoms. The number of carbonyl (C=O) groups excluding carboxylic acids is 1. The van der Waals surface area contributed by atoms with E-state index < -0.39 is 5.41 Å². The van der Waals surface area contributed by atoms with Crippen molar-refractivity contribution in [3.63, 3.8) is 0 Å². The summed E-state index contributed by atoms with van der Waals surface area (Å²) in [5.41, 5.74) is 6.05. The molecule has 1 heterocycles. The van der Waals surface area contributed by atoms with Gasteiger partial charge in [-0.2, -0.15) is 0 Å². The molecule has 3 N–H and O–H groups in total. The van der Waals surface area contributed by atoms with Gasteiger partial charge >= 0.3 is 0 Å². The molecule has 9 heteroatoms. The van der Waals surface area contributed by atoms with Crippen LogP contribution in [-0.4, -0.2) is 25.8 Å². The maximum atomic E-state index is 13.3. The van der Waals surface area contributed by atoms with Crippen molar-refractivity contribution in [2.24, 2.45) is 17.3 Å². The molecule has 152 valence electrons. The molecule has 2 aromatic rings. The number of anilines is 1. The van der Waals surface area contributed by atoms with Crippen LogP contribution in [0.25, 0.3) is 0 Å². The monoisotopic (exact) mass is 430 g/mol. The Bertz CT molecular complexity index is 933. The number of hydrogen-bond acceptors (Lipinski definition) is 4. The molecule has 4 fully saturated rings. The van der Waals surface area contributed by atoms with Gasteiger partial charge in [0.25, 0.3) is 0 Å². The van der Waals surface area contributed by atoms with Crippen LogP contribution >= 0.6 is 23.8 Å². The molecule has 4 aliphatic carbocycles. The van der Waals surface area contributed by atoms with Crippen LogP contribution in [0.3, 0.4) is 0 Å². The van der Waals surface area contributed by atoms with Crippen LogP contribution in [0.4, 0.5) is 5.69 Å². The Morgan fingerprint density at radius 2 is 1.86 bits per heavy atom. The van der Waals surface area contributed by atoms with Crippen molar-refractivity contribution in [3.05, 3.63) is 41.9 Å². The van der Waals surface area contributed by atoms with Crippen LogP contribution in [0.5, 0.6) is 0 Å². The second kappa shape index (κ2) is 6.95. The smallest absolute Gasteiger partial charge is 0.244 e. The zero-order chi connectivity index (χ0) is 20.1. The molecule has 0 saturated heterocycles. The van der Waals surface area contributed by atoms with Gasteiger partial charge in [-0.25, -0.2) is 9.67 Å². The van der Waals surface area contributed by atoms with E-state index in [4.69, 9.17) is 23.8 Å². The van der Waals surface area contributed by atoms with Crippen LogP contribution in [-0.2, 0) is 10.3 Å². The standard InChI is InChI=1S/C20H23ClN6OS/c21-17-22-12-27(26-17)20-9-13-6-14(10-20)8-19(7-13,11-20)16(28)24-25-18(29)23-15-4-2-1-3-5-15/h1-5,12-14H,6-11H2,(H,24,28)(H2,23,25,29). The molecule has 7 nitrogen and oxygen atoms in total. The summed E-state index contributed by atoms with van der Waals surface area (Å²) in [5, 5.41) is 8.11. The van der Waals surface area contributed by atoms with Gasteiger partial charge in [-0.15, -0.1) is 5.10 Å². The highest BCUT2D eigenvalue weighted by Crippen LogP contribution is 2.64. The number of nitrogens with zero attached hydrogens (tertiary/aromatic N) is 3. The first-order chi connectivity index (χ1) is 14.0. The first-order valence-electron chi connectivity index (χ1n) is 9.97. The maximum Gasteiger partial charge on any atom is 0.244 e. The quantitative estimate of drug-likeness (QED) is 0.512. The van der Waals surface area contributed by atoms with Crippen molar-refractivity contribution >= 4 is 40.5 Å². The third kappa shape index (κ3) is 3.38. The molecule has 4 aliphatic rings. The van der Waals surface area contributed by atoms with Crippen LogP contribution in [0.1, 0.15) is 38.5 Å². The molecular formula is C20H23ClN6OS. The van der Waals surface area contributed by atoms with Gasteiger partial charge in [-0.3, -0.25) is 15.6 Å². The van der Waals surface area contributed by atoms with Crippen molar-refractivity contribution in [3.8, 4) is 0 Å². The van der Waals surface area contributed by atoms with E-state index in [1.807, 2.05) is 35.0 Å². The number of hydrazine groups is 1. The summed E-state index contributed by atoms with van der Waals surface area (Å²) >= 11 is 11.3. The number of hydrogen-bond donors (Lipinski definition) is 3. The van der Waals surface area contributed by atoms with Crippen LogP contribution in [0.2, 0.25) is 5.28 Å². The van der Waals surface area contributed by atoms with Crippen LogP contribution < -0.4 is 16.2 Å². The molecule has 29 heavy (non-hydrogen) atoms. The lowest BCUT2D eigenvalue weighted by Gasteiger charge is -2.60. The Hall–Kier alpha value is -2.19. The highest BCUT2D eigenvalue weighted by Gasteiger charge is 2.61. The predicted octanol–water partition coefficient (Wildman–Crippen LogP) is 3.24. The summed E-state index contributed by atoms with van der Waals surface area (Å²) in [6, 6.07) is 9.63.